The van der Waals surface area contributed by atoms with Crippen LogP contribution in [0, 0.1) is 5.82 Å². The molecule has 0 fully saturated rings. The highest BCUT2D eigenvalue weighted by atomic mass is 35.5. The van der Waals surface area contributed by atoms with Crippen molar-refractivity contribution in [3.05, 3.63) is 63.4 Å². The molecule has 0 spiro atoms. The lowest BCUT2D eigenvalue weighted by Gasteiger charge is -2.14. The Bertz CT molecular complexity index is 615. The first-order chi connectivity index (χ1) is 9.47. The number of aliphatic hydroxyl groups excluding tert-OH is 1. The standard InChI is InChI=1S/C15H13Cl2FO2/c1-9(19)13-5-4-12(18)7-15(13)20-8-10-2-3-11(16)6-14(10)17/h2-7,9,19H,8H2,1H3/t9-/m0/s1. The van der Waals surface area contributed by atoms with E-state index in [0.717, 1.165) is 5.56 Å². The molecule has 1 atom stereocenters. The molecule has 0 unspecified atom stereocenters. The molecule has 2 rings (SSSR count). The first-order valence-electron chi connectivity index (χ1n) is 6.01. The fourth-order valence-electron chi connectivity index (χ4n) is 1.77. The lowest BCUT2D eigenvalue weighted by molar-refractivity contribution is 0.190. The second-order valence-corrected chi connectivity index (χ2v) is 5.23. The molecular weight excluding hydrogens is 302 g/mol. The fraction of sp³-hybridized carbons (Fsp3) is 0.200. The Hall–Kier alpha value is -1.29. The van der Waals surface area contributed by atoms with Crippen molar-refractivity contribution >= 4 is 23.2 Å². The molecule has 0 aliphatic rings. The number of halogens is 3. The molecule has 0 saturated carbocycles. The maximum Gasteiger partial charge on any atom is 0.128 e. The molecule has 0 bridgehead atoms. The van der Waals surface area contributed by atoms with Gasteiger partial charge in [-0.15, -0.1) is 0 Å². The zero-order chi connectivity index (χ0) is 14.7. The summed E-state index contributed by atoms with van der Waals surface area (Å²) < 4.78 is 18.8. The molecule has 0 amide bonds. The van der Waals surface area contributed by atoms with Crippen molar-refractivity contribution in [2.24, 2.45) is 0 Å². The number of rotatable bonds is 4. The van der Waals surface area contributed by atoms with Crippen LogP contribution >= 0.6 is 23.2 Å². The van der Waals surface area contributed by atoms with Crippen LogP contribution in [0.2, 0.25) is 10.0 Å². The Kier molecular flexibility index (Phi) is 4.86. The van der Waals surface area contributed by atoms with E-state index in [4.69, 9.17) is 27.9 Å². The van der Waals surface area contributed by atoms with Gasteiger partial charge in [-0.3, -0.25) is 0 Å². The zero-order valence-electron chi connectivity index (χ0n) is 10.7. The largest absolute Gasteiger partial charge is 0.488 e. The topological polar surface area (TPSA) is 29.5 Å². The minimum Gasteiger partial charge on any atom is -0.488 e. The van der Waals surface area contributed by atoms with Crippen LogP contribution in [0.5, 0.6) is 5.75 Å². The number of hydrogen-bond donors (Lipinski definition) is 1. The summed E-state index contributed by atoms with van der Waals surface area (Å²) in [6, 6.07) is 9.08. The fourth-order valence-corrected chi connectivity index (χ4v) is 2.24. The van der Waals surface area contributed by atoms with Crippen molar-refractivity contribution in [3.63, 3.8) is 0 Å². The quantitative estimate of drug-likeness (QED) is 0.881. The summed E-state index contributed by atoms with van der Waals surface area (Å²) in [4.78, 5) is 0. The molecule has 1 N–H and O–H groups in total. The monoisotopic (exact) mass is 314 g/mol. The molecule has 0 aromatic heterocycles. The third kappa shape index (κ3) is 3.63. The van der Waals surface area contributed by atoms with Crippen molar-refractivity contribution < 1.29 is 14.2 Å². The lowest BCUT2D eigenvalue weighted by atomic mass is 10.1. The van der Waals surface area contributed by atoms with Gasteiger partial charge in [-0.2, -0.15) is 0 Å². The van der Waals surface area contributed by atoms with Crippen molar-refractivity contribution in [2.75, 3.05) is 0 Å². The van der Waals surface area contributed by atoms with E-state index in [1.54, 1.807) is 25.1 Å². The summed E-state index contributed by atoms with van der Waals surface area (Å²) in [6.07, 6.45) is -0.744. The molecular formula is C15H13Cl2FO2. The van der Waals surface area contributed by atoms with Gasteiger partial charge in [-0.25, -0.2) is 4.39 Å². The summed E-state index contributed by atoms with van der Waals surface area (Å²) in [6.45, 7) is 1.76. The number of benzene rings is 2. The Morgan fingerprint density at radius 3 is 2.60 bits per heavy atom. The van der Waals surface area contributed by atoms with Crippen LogP contribution < -0.4 is 4.74 Å². The molecule has 0 saturated heterocycles. The molecule has 0 heterocycles. The van der Waals surface area contributed by atoms with E-state index >= 15 is 0 Å². The predicted octanol–water partition coefficient (Wildman–Crippen LogP) is 4.76. The third-order valence-corrected chi connectivity index (χ3v) is 3.41. The molecule has 2 aromatic carbocycles. The predicted molar refractivity (Wildman–Crippen MR) is 77.8 cm³/mol. The van der Waals surface area contributed by atoms with E-state index in [1.807, 2.05) is 0 Å². The molecule has 2 nitrogen and oxygen atoms in total. The summed E-state index contributed by atoms with van der Waals surface area (Å²) in [5.41, 5.74) is 1.26. The highest BCUT2D eigenvalue weighted by molar-refractivity contribution is 6.35. The van der Waals surface area contributed by atoms with Gasteiger partial charge in [0.25, 0.3) is 0 Å². The van der Waals surface area contributed by atoms with E-state index in [1.165, 1.54) is 18.2 Å². The second-order valence-electron chi connectivity index (χ2n) is 4.38. The molecule has 5 heteroatoms. The Balaban J connectivity index is 2.20. The van der Waals surface area contributed by atoms with E-state index in [0.29, 0.717) is 21.4 Å². The van der Waals surface area contributed by atoms with Crippen LogP contribution in [-0.2, 0) is 6.61 Å². The summed E-state index contributed by atoms with van der Waals surface area (Å²) in [5, 5.41) is 10.7. The van der Waals surface area contributed by atoms with Crippen LogP contribution in [0.3, 0.4) is 0 Å². The van der Waals surface area contributed by atoms with Crippen molar-refractivity contribution in [3.8, 4) is 5.75 Å². The van der Waals surface area contributed by atoms with Gasteiger partial charge in [-0.05, 0) is 31.2 Å². The number of ether oxygens (including phenoxy) is 1. The molecule has 0 aliphatic heterocycles. The van der Waals surface area contributed by atoms with Gasteiger partial charge in [0.15, 0.2) is 0 Å². The van der Waals surface area contributed by atoms with Crippen LogP contribution in [0.25, 0.3) is 0 Å². The first-order valence-corrected chi connectivity index (χ1v) is 6.77. The molecule has 0 aliphatic carbocycles. The number of hydrogen-bond acceptors (Lipinski definition) is 2. The van der Waals surface area contributed by atoms with Gasteiger partial charge in [0.05, 0.1) is 6.10 Å². The average Bonchev–Trinajstić information content (AvgIpc) is 2.37. The maximum atomic E-state index is 13.3. The minimum absolute atomic E-state index is 0.166. The van der Waals surface area contributed by atoms with Gasteiger partial charge in [0.2, 0.25) is 0 Å². The van der Waals surface area contributed by atoms with E-state index < -0.39 is 11.9 Å². The van der Waals surface area contributed by atoms with Crippen LogP contribution in [0.1, 0.15) is 24.2 Å². The first kappa shape index (κ1) is 15.1. The zero-order valence-corrected chi connectivity index (χ0v) is 12.2. The van der Waals surface area contributed by atoms with Gasteiger partial charge >= 0.3 is 0 Å². The third-order valence-electron chi connectivity index (χ3n) is 2.82. The van der Waals surface area contributed by atoms with Crippen LogP contribution in [0.15, 0.2) is 36.4 Å². The van der Waals surface area contributed by atoms with Crippen molar-refractivity contribution in [2.45, 2.75) is 19.6 Å². The molecule has 106 valence electrons. The Labute approximate surface area is 126 Å². The smallest absolute Gasteiger partial charge is 0.128 e. The van der Waals surface area contributed by atoms with Gasteiger partial charge in [0, 0.05) is 27.2 Å². The van der Waals surface area contributed by atoms with Gasteiger partial charge in [0.1, 0.15) is 18.2 Å². The Morgan fingerprint density at radius 1 is 1.20 bits per heavy atom. The summed E-state index contributed by atoms with van der Waals surface area (Å²) in [5.74, 6) is -0.127. The highest BCUT2D eigenvalue weighted by Gasteiger charge is 2.11. The van der Waals surface area contributed by atoms with E-state index in [2.05, 4.69) is 0 Å². The highest BCUT2D eigenvalue weighted by Crippen LogP contribution is 2.28. The minimum atomic E-state index is -0.744. The van der Waals surface area contributed by atoms with E-state index in [9.17, 15) is 9.50 Å². The SMILES string of the molecule is C[C@H](O)c1ccc(F)cc1OCc1ccc(Cl)cc1Cl. The average molecular weight is 315 g/mol. The van der Waals surface area contributed by atoms with Crippen LogP contribution in [-0.4, -0.2) is 5.11 Å². The summed E-state index contributed by atoms with van der Waals surface area (Å²) in [7, 11) is 0. The second kappa shape index (κ2) is 6.44. The van der Waals surface area contributed by atoms with E-state index in [-0.39, 0.29) is 6.61 Å². The van der Waals surface area contributed by atoms with Gasteiger partial charge in [-0.1, -0.05) is 29.3 Å². The number of aliphatic hydroxyl groups is 1. The normalized spacial score (nSPS) is 12.2. The van der Waals surface area contributed by atoms with Crippen molar-refractivity contribution in [1.29, 1.82) is 0 Å². The molecule has 2 aromatic rings. The van der Waals surface area contributed by atoms with Crippen molar-refractivity contribution in [1.82, 2.24) is 0 Å². The molecule has 0 radical (unpaired) electrons. The maximum absolute atomic E-state index is 13.3. The molecule has 20 heavy (non-hydrogen) atoms. The van der Waals surface area contributed by atoms with Crippen LogP contribution in [0.4, 0.5) is 4.39 Å². The Morgan fingerprint density at radius 2 is 1.95 bits per heavy atom. The lowest BCUT2D eigenvalue weighted by Crippen LogP contribution is -2.02. The van der Waals surface area contributed by atoms with Gasteiger partial charge < -0.3 is 9.84 Å². The summed E-state index contributed by atoms with van der Waals surface area (Å²) >= 11 is 11.9.